The van der Waals surface area contributed by atoms with E-state index in [0.29, 0.717) is 15.4 Å². The number of hydrogen-bond acceptors (Lipinski definition) is 5. The lowest BCUT2D eigenvalue weighted by Gasteiger charge is -1.99. The average Bonchev–Trinajstić information content (AvgIpc) is 2.51. The van der Waals surface area contributed by atoms with E-state index < -0.39 is 17.4 Å². The summed E-state index contributed by atoms with van der Waals surface area (Å²) in [5.74, 6) is -1.75. The lowest BCUT2D eigenvalue weighted by molar-refractivity contribution is 0.0698. The molecule has 0 aliphatic heterocycles. The van der Waals surface area contributed by atoms with Crippen LogP contribution in [0.4, 0.5) is 5.69 Å². The summed E-state index contributed by atoms with van der Waals surface area (Å²) >= 11 is 6.36. The quantitative estimate of drug-likeness (QED) is 0.482. The first-order chi connectivity index (χ1) is 11.3. The highest BCUT2D eigenvalue weighted by atomic mass is 79.9. The van der Waals surface area contributed by atoms with Crippen molar-refractivity contribution < 1.29 is 14.3 Å². The van der Waals surface area contributed by atoms with Gasteiger partial charge >= 0.3 is 17.4 Å². The molecule has 0 saturated heterocycles. The third-order valence-corrected chi connectivity index (χ3v) is 3.86. The molecule has 1 heterocycles. The highest BCUT2D eigenvalue weighted by molar-refractivity contribution is 9.10. The molecule has 0 fully saturated rings. The number of fused-ring (bicyclic) bond motifs is 1. The second kappa shape index (κ2) is 7.45. The number of aromatic amines is 1. The van der Waals surface area contributed by atoms with Crippen molar-refractivity contribution in [2.75, 3.05) is 5.73 Å². The van der Waals surface area contributed by atoms with Gasteiger partial charge in [-0.25, -0.2) is 14.4 Å². The number of hydrogen-bond donors (Lipinski definition) is 3. The van der Waals surface area contributed by atoms with Crippen molar-refractivity contribution in [3.8, 4) is 0 Å². The third kappa shape index (κ3) is 4.33. The number of aromatic carboxylic acids is 1. The number of benzene rings is 2. The van der Waals surface area contributed by atoms with Gasteiger partial charge in [0.05, 0.1) is 16.5 Å². The van der Waals surface area contributed by atoms with Crippen molar-refractivity contribution >= 4 is 54.4 Å². The zero-order valence-corrected chi connectivity index (χ0v) is 15.0. The number of carbonyl (C=O) groups is 1. The fourth-order valence-electron chi connectivity index (χ4n) is 1.78. The van der Waals surface area contributed by atoms with Crippen LogP contribution >= 0.6 is 31.9 Å². The molecule has 9 heteroatoms. The maximum atomic E-state index is 11.1. The smallest absolute Gasteiger partial charge is 0.419 e. The van der Waals surface area contributed by atoms with E-state index in [-0.39, 0.29) is 11.3 Å². The molecule has 7 nitrogen and oxygen atoms in total. The molecule has 2 aromatic carbocycles. The van der Waals surface area contributed by atoms with Gasteiger partial charge in [-0.15, -0.1) is 0 Å². The Morgan fingerprint density at radius 3 is 2.33 bits per heavy atom. The number of H-pyrrole nitrogens is 1. The lowest BCUT2D eigenvalue weighted by Crippen LogP contribution is -2.14. The number of carboxylic acids is 1. The normalized spacial score (nSPS) is 10.1. The number of nitrogens with one attached hydrogen (secondary N) is 1. The number of nitrogens with two attached hydrogens (primary N) is 1. The van der Waals surface area contributed by atoms with Crippen LogP contribution in [0.25, 0.3) is 10.9 Å². The third-order valence-electron chi connectivity index (χ3n) is 2.87. The van der Waals surface area contributed by atoms with E-state index in [1.165, 1.54) is 6.07 Å². The molecule has 3 rings (SSSR count). The van der Waals surface area contributed by atoms with Crippen LogP contribution in [0.3, 0.4) is 0 Å². The Kier molecular flexibility index (Phi) is 5.58. The van der Waals surface area contributed by atoms with E-state index in [0.717, 1.165) is 4.47 Å². The van der Waals surface area contributed by atoms with Crippen molar-refractivity contribution in [2.24, 2.45) is 0 Å². The number of carboxylic acid groups (broad SMARTS) is 1. The summed E-state index contributed by atoms with van der Waals surface area (Å²) in [6.07, 6.45) is 0. The van der Waals surface area contributed by atoms with Crippen LogP contribution in [-0.4, -0.2) is 16.1 Å². The molecule has 0 atom stereocenters. The first-order valence-corrected chi connectivity index (χ1v) is 7.97. The molecule has 0 aliphatic rings. The maximum absolute atomic E-state index is 11.1. The summed E-state index contributed by atoms with van der Waals surface area (Å²) in [6.45, 7) is 0. The highest BCUT2D eigenvalue weighted by Crippen LogP contribution is 2.18. The zero-order valence-electron chi connectivity index (χ0n) is 11.9. The molecule has 4 N–H and O–H groups in total. The van der Waals surface area contributed by atoms with E-state index in [9.17, 15) is 14.4 Å². The number of anilines is 1. The van der Waals surface area contributed by atoms with Crippen LogP contribution < -0.4 is 17.1 Å². The summed E-state index contributed by atoms with van der Waals surface area (Å²) in [4.78, 5) is 34.8. The van der Waals surface area contributed by atoms with Crippen molar-refractivity contribution in [1.29, 1.82) is 0 Å². The van der Waals surface area contributed by atoms with Gasteiger partial charge < -0.3 is 15.3 Å². The van der Waals surface area contributed by atoms with Crippen molar-refractivity contribution in [2.45, 2.75) is 0 Å². The molecule has 0 radical (unpaired) electrons. The lowest BCUT2D eigenvalue weighted by atomic mass is 10.2. The largest absolute Gasteiger partial charge is 0.478 e. The molecule has 0 bridgehead atoms. The van der Waals surface area contributed by atoms with Crippen LogP contribution in [0, 0.1) is 0 Å². The van der Waals surface area contributed by atoms with Gasteiger partial charge in [-0.3, -0.25) is 4.98 Å². The Morgan fingerprint density at radius 1 is 1.08 bits per heavy atom. The van der Waals surface area contributed by atoms with Gasteiger partial charge in [-0.2, -0.15) is 0 Å². The maximum Gasteiger partial charge on any atom is 0.419 e. The van der Waals surface area contributed by atoms with Gasteiger partial charge in [0.15, 0.2) is 0 Å². The van der Waals surface area contributed by atoms with Gasteiger partial charge in [0, 0.05) is 14.6 Å². The standard InChI is InChI=1S/C8H4BrNO3.C7H6BrNO2/c9-4-1-2-6-5(3-4)7(11)13-8(12)10-6;8-4-1-2-6(9)5(3-4)7(10)11/h1-3H,(H,10,12);1-3H,9H2,(H,10,11). The van der Waals surface area contributed by atoms with Crippen molar-refractivity contribution in [3.05, 3.63) is 71.9 Å². The summed E-state index contributed by atoms with van der Waals surface area (Å²) in [5, 5.41) is 8.94. The predicted octanol–water partition coefficient (Wildman–Crippen LogP) is 2.97. The van der Waals surface area contributed by atoms with Gasteiger partial charge in [0.1, 0.15) is 0 Å². The van der Waals surface area contributed by atoms with Crippen LogP contribution in [0.1, 0.15) is 10.4 Å². The second-order valence-corrected chi connectivity index (χ2v) is 6.36. The number of rotatable bonds is 1. The second-order valence-electron chi connectivity index (χ2n) is 4.53. The fourth-order valence-corrected chi connectivity index (χ4v) is 2.50. The summed E-state index contributed by atoms with van der Waals surface area (Å²) in [7, 11) is 0. The van der Waals surface area contributed by atoms with E-state index in [1.807, 2.05) is 0 Å². The van der Waals surface area contributed by atoms with Crippen LogP contribution in [0.15, 0.2) is 59.3 Å². The SMILES string of the molecule is Nc1ccc(Br)cc1C(=O)O.O=c1[nH]c2ccc(Br)cc2c(=O)o1. The summed E-state index contributed by atoms with van der Waals surface area (Å²) < 4.78 is 5.83. The predicted molar refractivity (Wildman–Crippen MR) is 96.3 cm³/mol. The number of aromatic nitrogens is 1. The molecule has 0 spiro atoms. The van der Waals surface area contributed by atoms with Crippen molar-refractivity contribution in [3.63, 3.8) is 0 Å². The van der Waals surface area contributed by atoms with E-state index >= 15 is 0 Å². The monoisotopic (exact) mass is 456 g/mol. The Labute approximate surface area is 151 Å². The Balaban J connectivity index is 0.000000177. The molecule has 24 heavy (non-hydrogen) atoms. The molecular weight excluding hydrogens is 448 g/mol. The molecule has 0 unspecified atom stereocenters. The minimum absolute atomic E-state index is 0.124. The van der Waals surface area contributed by atoms with E-state index in [4.69, 9.17) is 10.8 Å². The van der Waals surface area contributed by atoms with Crippen LogP contribution in [0.2, 0.25) is 0 Å². The molecule has 0 saturated carbocycles. The topological polar surface area (TPSA) is 126 Å². The first-order valence-electron chi connectivity index (χ1n) is 6.39. The molecule has 0 amide bonds. The van der Waals surface area contributed by atoms with Crippen molar-refractivity contribution in [1.82, 2.24) is 4.98 Å². The molecule has 1 aromatic heterocycles. The van der Waals surface area contributed by atoms with Gasteiger partial charge in [-0.1, -0.05) is 31.9 Å². The number of halogens is 2. The minimum atomic E-state index is -1.01. The first kappa shape index (κ1) is 18.0. The molecule has 124 valence electrons. The van der Waals surface area contributed by atoms with Gasteiger partial charge in [0.2, 0.25) is 0 Å². The van der Waals surface area contributed by atoms with Gasteiger partial charge in [-0.05, 0) is 36.4 Å². The molecule has 0 aliphatic carbocycles. The molecular formula is C15H10Br2N2O5. The highest BCUT2D eigenvalue weighted by Gasteiger charge is 2.06. The Morgan fingerprint density at radius 2 is 1.71 bits per heavy atom. The molecule has 3 aromatic rings. The zero-order chi connectivity index (χ0) is 17.9. The van der Waals surface area contributed by atoms with Crippen LogP contribution in [-0.2, 0) is 0 Å². The summed E-state index contributed by atoms with van der Waals surface area (Å²) in [5.41, 5.74) is 5.64. The summed E-state index contributed by atoms with van der Waals surface area (Å²) in [6, 6.07) is 9.68. The minimum Gasteiger partial charge on any atom is -0.478 e. The van der Waals surface area contributed by atoms with E-state index in [1.54, 1.807) is 30.3 Å². The van der Waals surface area contributed by atoms with E-state index in [2.05, 4.69) is 41.3 Å². The Hall–Kier alpha value is -2.39. The van der Waals surface area contributed by atoms with Gasteiger partial charge in [0.25, 0.3) is 0 Å². The average molecular weight is 458 g/mol. The Bertz CT molecular complexity index is 1030. The fraction of sp³-hybridized carbons (Fsp3) is 0. The number of nitrogen functional groups attached to an aromatic ring is 1. The van der Waals surface area contributed by atoms with Crippen LogP contribution in [0.5, 0.6) is 0 Å².